The van der Waals surface area contributed by atoms with Crippen molar-refractivity contribution in [1.29, 1.82) is 0 Å². The molecule has 4 heteroatoms. The summed E-state index contributed by atoms with van der Waals surface area (Å²) in [4.78, 5) is 10.7. The molecule has 0 radical (unpaired) electrons. The lowest BCUT2D eigenvalue weighted by molar-refractivity contribution is -0.142. The molecule has 3 nitrogen and oxygen atoms in total. The lowest BCUT2D eigenvalue weighted by Crippen LogP contribution is -2.06. The van der Waals surface area contributed by atoms with E-state index >= 15 is 0 Å². The first kappa shape index (κ1) is 10.5. The van der Waals surface area contributed by atoms with Gasteiger partial charge < -0.3 is 9.84 Å². The Kier molecular flexibility index (Phi) is 5.88. The van der Waals surface area contributed by atoms with Gasteiger partial charge in [0.05, 0.1) is 19.6 Å². The Morgan fingerprint density at radius 3 is 2.73 bits per heavy atom. The molecule has 0 aliphatic heterocycles. The van der Waals surface area contributed by atoms with Gasteiger partial charge in [-0.2, -0.15) is 0 Å². The predicted molar refractivity (Wildman–Crippen MR) is 42.3 cm³/mol. The molecule has 11 heavy (non-hydrogen) atoms. The minimum Gasteiger partial charge on any atom is -0.466 e. The molecular weight excluding hydrogens is 168 g/mol. The third-order valence-corrected chi connectivity index (χ3v) is 1.34. The summed E-state index contributed by atoms with van der Waals surface area (Å²) in [7, 11) is 0. The number of aliphatic hydroxyl groups excluding tert-OH is 1. The highest BCUT2D eigenvalue weighted by atomic mass is 35.5. The molecule has 0 fully saturated rings. The second-order valence-electron chi connectivity index (χ2n) is 1.91. The summed E-state index contributed by atoms with van der Waals surface area (Å²) in [6.07, 6.45) is 0.0633. The molecule has 0 bridgehead atoms. The smallest absolute Gasteiger partial charge is 0.310 e. The van der Waals surface area contributed by atoms with Gasteiger partial charge in [-0.05, 0) is 12.5 Å². The van der Waals surface area contributed by atoms with Crippen molar-refractivity contribution in [3.63, 3.8) is 0 Å². The van der Waals surface area contributed by atoms with E-state index in [1.54, 1.807) is 6.92 Å². The fraction of sp³-hybridized carbons (Fsp3) is 0.571. The van der Waals surface area contributed by atoms with Crippen molar-refractivity contribution in [1.82, 2.24) is 0 Å². The number of aliphatic hydroxyl groups is 1. The number of esters is 1. The monoisotopic (exact) mass is 178 g/mol. The number of carbonyl (C=O) groups is 1. The van der Waals surface area contributed by atoms with Crippen LogP contribution in [0.4, 0.5) is 0 Å². The Hall–Kier alpha value is -0.540. The highest BCUT2D eigenvalue weighted by molar-refractivity contribution is 6.25. The van der Waals surface area contributed by atoms with Crippen LogP contribution in [0.15, 0.2) is 11.1 Å². The van der Waals surface area contributed by atoms with Gasteiger partial charge in [-0.25, -0.2) is 0 Å². The Balaban J connectivity index is 3.73. The average molecular weight is 179 g/mol. The molecule has 0 aromatic rings. The zero-order chi connectivity index (χ0) is 8.69. The van der Waals surface area contributed by atoms with Gasteiger partial charge in [-0.1, -0.05) is 11.6 Å². The fourth-order valence-corrected chi connectivity index (χ4v) is 0.673. The van der Waals surface area contributed by atoms with Crippen LogP contribution in [0.3, 0.4) is 0 Å². The van der Waals surface area contributed by atoms with Gasteiger partial charge in [0, 0.05) is 5.54 Å². The predicted octanol–water partition coefficient (Wildman–Crippen LogP) is 1.05. The zero-order valence-corrected chi connectivity index (χ0v) is 7.10. The van der Waals surface area contributed by atoms with E-state index in [2.05, 4.69) is 4.74 Å². The van der Waals surface area contributed by atoms with Crippen LogP contribution in [0.5, 0.6) is 0 Å². The third kappa shape index (κ3) is 4.81. The van der Waals surface area contributed by atoms with Gasteiger partial charge in [0.25, 0.3) is 0 Å². The lowest BCUT2D eigenvalue weighted by atomic mass is 10.2. The van der Waals surface area contributed by atoms with Gasteiger partial charge in [0.1, 0.15) is 0 Å². The van der Waals surface area contributed by atoms with Crippen molar-refractivity contribution < 1.29 is 14.6 Å². The topological polar surface area (TPSA) is 46.5 Å². The summed E-state index contributed by atoms with van der Waals surface area (Å²) >= 11 is 5.28. The van der Waals surface area contributed by atoms with Crippen LogP contribution in [0, 0.1) is 0 Å². The van der Waals surface area contributed by atoms with Crippen molar-refractivity contribution in [2.24, 2.45) is 0 Å². The van der Waals surface area contributed by atoms with Crippen LogP contribution < -0.4 is 0 Å². The van der Waals surface area contributed by atoms with E-state index in [0.29, 0.717) is 12.2 Å². The number of hydrogen-bond acceptors (Lipinski definition) is 3. The summed E-state index contributed by atoms with van der Waals surface area (Å²) in [5.41, 5.74) is 1.65. The number of carbonyl (C=O) groups excluding carboxylic acids is 1. The van der Waals surface area contributed by atoms with Crippen molar-refractivity contribution in [2.45, 2.75) is 13.3 Å². The molecule has 0 spiro atoms. The Morgan fingerprint density at radius 1 is 1.73 bits per heavy atom. The SMILES string of the molecule is CCOC(=O)CC(=CCl)CO. The minimum atomic E-state index is -0.367. The summed E-state index contributed by atoms with van der Waals surface area (Å²) in [6, 6.07) is 0. The highest BCUT2D eigenvalue weighted by Gasteiger charge is 2.04. The van der Waals surface area contributed by atoms with Crippen LogP contribution >= 0.6 is 11.6 Å². The van der Waals surface area contributed by atoms with E-state index in [0.717, 1.165) is 0 Å². The molecular formula is C7H11ClO3. The lowest BCUT2D eigenvalue weighted by Gasteiger charge is -2.01. The van der Waals surface area contributed by atoms with Crippen LogP contribution in [-0.2, 0) is 9.53 Å². The Labute approximate surface area is 70.6 Å². The van der Waals surface area contributed by atoms with Gasteiger partial charge in [0.2, 0.25) is 0 Å². The zero-order valence-electron chi connectivity index (χ0n) is 6.34. The highest BCUT2D eigenvalue weighted by Crippen LogP contribution is 2.03. The summed E-state index contributed by atoms with van der Waals surface area (Å²) in [6.45, 7) is 1.86. The maximum Gasteiger partial charge on any atom is 0.310 e. The number of hydrogen-bond donors (Lipinski definition) is 1. The molecule has 0 atom stereocenters. The summed E-state index contributed by atoms with van der Waals surface area (Å²) in [5.74, 6) is -0.367. The summed E-state index contributed by atoms with van der Waals surface area (Å²) < 4.78 is 4.63. The first-order valence-corrected chi connectivity index (χ1v) is 3.72. The average Bonchev–Trinajstić information content (AvgIpc) is 2.01. The van der Waals surface area contributed by atoms with Gasteiger partial charge in [0.15, 0.2) is 0 Å². The first-order chi connectivity index (χ1) is 5.24. The van der Waals surface area contributed by atoms with E-state index in [1.807, 2.05) is 0 Å². The van der Waals surface area contributed by atoms with Crippen molar-refractivity contribution in [3.05, 3.63) is 11.1 Å². The van der Waals surface area contributed by atoms with Crippen LogP contribution in [0.1, 0.15) is 13.3 Å². The summed E-state index contributed by atoms with van der Waals surface area (Å²) in [5, 5.41) is 8.58. The van der Waals surface area contributed by atoms with Gasteiger partial charge in [-0.15, -0.1) is 0 Å². The van der Waals surface area contributed by atoms with E-state index in [1.165, 1.54) is 5.54 Å². The Bertz CT molecular complexity index is 154. The molecule has 0 aliphatic carbocycles. The molecule has 0 unspecified atom stereocenters. The number of rotatable bonds is 4. The van der Waals surface area contributed by atoms with E-state index in [-0.39, 0.29) is 19.0 Å². The number of halogens is 1. The molecule has 0 heterocycles. The quantitative estimate of drug-likeness (QED) is 0.655. The molecule has 0 amide bonds. The van der Waals surface area contributed by atoms with E-state index < -0.39 is 0 Å². The second-order valence-corrected chi connectivity index (χ2v) is 2.13. The van der Waals surface area contributed by atoms with Gasteiger partial charge in [-0.3, -0.25) is 4.79 Å². The first-order valence-electron chi connectivity index (χ1n) is 3.29. The second kappa shape index (κ2) is 6.19. The molecule has 1 N–H and O–H groups in total. The van der Waals surface area contributed by atoms with Crippen LogP contribution in [-0.4, -0.2) is 24.3 Å². The van der Waals surface area contributed by atoms with E-state index in [9.17, 15) is 4.79 Å². The minimum absolute atomic E-state index is 0.0633. The fourth-order valence-electron chi connectivity index (χ4n) is 0.526. The maximum atomic E-state index is 10.7. The maximum absolute atomic E-state index is 10.7. The van der Waals surface area contributed by atoms with Gasteiger partial charge >= 0.3 is 5.97 Å². The number of ether oxygens (including phenoxy) is 1. The largest absolute Gasteiger partial charge is 0.466 e. The van der Waals surface area contributed by atoms with Crippen LogP contribution in [0.25, 0.3) is 0 Å². The van der Waals surface area contributed by atoms with E-state index in [4.69, 9.17) is 16.7 Å². The third-order valence-electron chi connectivity index (χ3n) is 1.03. The standard InChI is InChI=1S/C7H11ClO3/c1-2-11-7(10)3-6(4-8)5-9/h4,9H,2-3,5H2,1H3. The normalized spacial score (nSPS) is 11.4. The van der Waals surface area contributed by atoms with Crippen molar-refractivity contribution in [2.75, 3.05) is 13.2 Å². The molecule has 0 aromatic heterocycles. The molecule has 0 aromatic carbocycles. The van der Waals surface area contributed by atoms with Crippen molar-refractivity contribution in [3.8, 4) is 0 Å². The van der Waals surface area contributed by atoms with Crippen molar-refractivity contribution >= 4 is 17.6 Å². The molecule has 0 saturated heterocycles. The molecule has 64 valence electrons. The molecule has 0 saturated carbocycles. The van der Waals surface area contributed by atoms with Crippen LogP contribution in [0.2, 0.25) is 0 Å². The molecule has 0 rings (SSSR count). The molecule has 0 aliphatic rings. The Morgan fingerprint density at radius 2 is 2.36 bits per heavy atom.